The van der Waals surface area contributed by atoms with Crippen LogP contribution in [0.25, 0.3) is 0 Å². The molecule has 0 bridgehead atoms. The Morgan fingerprint density at radius 1 is 1.42 bits per heavy atom. The van der Waals surface area contributed by atoms with Gasteiger partial charge < -0.3 is 10.2 Å². The van der Waals surface area contributed by atoms with E-state index in [1.165, 1.54) is 0 Å². The lowest BCUT2D eigenvalue weighted by atomic mass is 9.69. The normalized spacial score (nSPS) is 49.2. The van der Waals surface area contributed by atoms with Crippen molar-refractivity contribution < 1.29 is 10.2 Å². The molecule has 0 heterocycles. The summed E-state index contributed by atoms with van der Waals surface area (Å²) in [6.45, 7) is 5.87. The first-order chi connectivity index (χ1) is 5.40. The van der Waals surface area contributed by atoms with Gasteiger partial charge in [-0.2, -0.15) is 0 Å². The van der Waals surface area contributed by atoms with E-state index < -0.39 is 11.2 Å². The van der Waals surface area contributed by atoms with Gasteiger partial charge >= 0.3 is 0 Å². The van der Waals surface area contributed by atoms with Crippen LogP contribution >= 0.6 is 0 Å². The Bertz CT molecular complexity index is 165. The Kier molecular flexibility index (Phi) is 2.50. The van der Waals surface area contributed by atoms with E-state index >= 15 is 0 Å². The van der Waals surface area contributed by atoms with E-state index in [4.69, 9.17) is 0 Å². The molecule has 3 atom stereocenters. The second-order valence-electron chi connectivity index (χ2n) is 4.57. The summed E-state index contributed by atoms with van der Waals surface area (Å²) in [7, 11) is 0. The van der Waals surface area contributed by atoms with Crippen molar-refractivity contribution in [3.8, 4) is 0 Å². The van der Waals surface area contributed by atoms with E-state index in [2.05, 4.69) is 6.92 Å². The average molecular weight is 172 g/mol. The molecule has 2 heteroatoms. The van der Waals surface area contributed by atoms with Gasteiger partial charge in [-0.05, 0) is 32.1 Å². The van der Waals surface area contributed by atoms with Crippen molar-refractivity contribution in [1.82, 2.24) is 0 Å². The molecule has 2 N–H and O–H groups in total. The smallest absolute Gasteiger partial charge is 0.0697 e. The topological polar surface area (TPSA) is 40.5 Å². The van der Waals surface area contributed by atoms with Gasteiger partial charge in [-0.15, -0.1) is 0 Å². The summed E-state index contributed by atoms with van der Waals surface area (Å²) < 4.78 is 0. The van der Waals surface area contributed by atoms with Crippen LogP contribution < -0.4 is 0 Å². The van der Waals surface area contributed by atoms with Crippen LogP contribution in [0.4, 0.5) is 0 Å². The van der Waals surface area contributed by atoms with Crippen molar-refractivity contribution in [1.29, 1.82) is 0 Å². The number of rotatable bonds is 1. The lowest BCUT2D eigenvalue weighted by Gasteiger charge is -2.44. The molecule has 0 radical (unpaired) electrons. The molecule has 1 aliphatic carbocycles. The molecule has 1 saturated carbocycles. The predicted octanol–water partition coefficient (Wildman–Crippen LogP) is 1.70. The van der Waals surface area contributed by atoms with Gasteiger partial charge in [0, 0.05) is 6.42 Å². The van der Waals surface area contributed by atoms with Gasteiger partial charge in [0.25, 0.3) is 0 Å². The molecule has 0 aromatic heterocycles. The van der Waals surface area contributed by atoms with E-state index in [0.717, 1.165) is 19.3 Å². The minimum Gasteiger partial charge on any atom is -0.390 e. The van der Waals surface area contributed by atoms with Crippen molar-refractivity contribution in [3.63, 3.8) is 0 Å². The van der Waals surface area contributed by atoms with Crippen LogP contribution in [0.5, 0.6) is 0 Å². The third kappa shape index (κ3) is 1.80. The molecule has 1 aliphatic rings. The van der Waals surface area contributed by atoms with E-state index in [0.29, 0.717) is 12.3 Å². The summed E-state index contributed by atoms with van der Waals surface area (Å²) >= 11 is 0. The van der Waals surface area contributed by atoms with Crippen molar-refractivity contribution >= 4 is 0 Å². The first-order valence-electron chi connectivity index (χ1n) is 4.84. The number of aliphatic hydroxyl groups is 2. The summed E-state index contributed by atoms with van der Waals surface area (Å²) in [6, 6.07) is 0. The van der Waals surface area contributed by atoms with Crippen LogP contribution in [0.1, 0.15) is 46.5 Å². The van der Waals surface area contributed by atoms with Crippen molar-refractivity contribution in [2.75, 3.05) is 0 Å². The Morgan fingerprint density at radius 2 is 2.00 bits per heavy atom. The summed E-state index contributed by atoms with van der Waals surface area (Å²) in [4.78, 5) is 0. The first-order valence-corrected chi connectivity index (χ1v) is 4.84. The fourth-order valence-electron chi connectivity index (χ4n) is 2.19. The summed E-state index contributed by atoms with van der Waals surface area (Å²) in [6.07, 6.45) is 3.01. The van der Waals surface area contributed by atoms with E-state index in [1.807, 2.05) is 13.8 Å². The fourth-order valence-corrected chi connectivity index (χ4v) is 2.19. The van der Waals surface area contributed by atoms with Crippen LogP contribution in [0.3, 0.4) is 0 Å². The molecule has 1 fully saturated rings. The molecule has 0 aliphatic heterocycles. The van der Waals surface area contributed by atoms with Gasteiger partial charge in [0.2, 0.25) is 0 Å². The van der Waals surface area contributed by atoms with Crippen LogP contribution in [-0.4, -0.2) is 21.4 Å². The number of hydrogen-bond acceptors (Lipinski definition) is 2. The molecule has 72 valence electrons. The average Bonchev–Trinajstić information content (AvgIpc) is 1.97. The molecule has 1 rings (SSSR count). The molecule has 0 spiro atoms. The van der Waals surface area contributed by atoms with Crippen molar-refractivity contribution in [2.45, 2.75) is 57.7 Å². The van der Waals surface area contributed by atoms with Gasteiger partial charge in [0.05, 0.1) is 11.2 Å². The molecular weight excluding hydrogens is 152 g/mol. The summed E-state index contributed by atoms with van der Waals surface area (Å²) in [5, 5.41) is 19.9. The highest BCUT2D eigenvalue weighted by molar-refractivity contribution is 4.95. The third-order valence-corrected chi connectivity index (χ3v) is 3.33. The molecular formula is C10H20O2. The molecule has 2 nitrogen and oxygen atoms in total. The Hall–Kier alpha value is -0.0800. The SMILES string of the molecule is CC[C@]1(O)C[C@@](C)(O)CC[C@@H]1C. The monoisotopic (exact) mass is 172 g/mol. The quantitative estimate of drug-likeness (QED) is 0.632. The second-order valence-corrected chi connectivity index (χ2v) is 4.57. The molecule has 0 unspecified atom stereocenters. The Balaban J connectivity index is 2.72. The summed E-state index contributed by atoms with van der Waals surface area (Å²) in [5.41, 5.74) is -1.29. The summed E-state index contributed by atoms with van der Waals surface area (Å²) in [5.74, 6) is 0.322. The van der Waals surface area contributed by atoms with Crippen LogP contribution in [0.2, 0.25) is 0 Å². The molecule has 0 saturated heterocycles. The minimum atomic E-state index is -0.655. The van der Waals surface area contributed by atoms with Crippen LogP contribution in [-0.2, 0) is 0 Å². The van der Waals surface area contributed by atoms with E-state index in [1.54, 1.807) is 0 Å². The standard InChI is InChI=1S/C10H20O2/c1-4-10(12)7-9(3,11)6-5-8(10)2/h8,11-12H,4-7H2,1-3H3/t8-,9-,10-/m0/s1. The van der Waals surface area contributed by atoms with Crippen molar-refractivity contribution in [3.05, 3.63) is 0 Å². The molecule has 0 amide bonds. The van der Waals surface area contributed by atoms with Gasteiger partial charge in [0.15, 0.2) is 0 Å². The lowest BCUT2D eigenvalue weighted by Crippen LogP contribution is -2.48. The fraction of sp³-hybridized carbons (Fsp3) is 1.00. The number of hydrogen-bond donors (Lipinski definition) is 2. The lowest BCUT2D eigenvalue weighted by molar-refractivity contribution is -0.122. The van der Waals surface area contributed by atoms with Crippen LogP contribution in [0, 0.1) is 5.92 Å². The van der Waals surface area contributed by atoms with Crippen LogP contribution in [0.15, 0.2) is 0 Å². The minimum absolute atomic E-state index is 0.322. The first kappa shape index (κ1) is 10.0. The third-order valence-electron chi connectivity index (χ3n) is 3.33. The largest absolute Gasteiger partial charge is 0.390 e. The highest BCUT2D eigenvalue weighted by Crippen LogP contribution is 2.40. The Labute approximate surface area is 74.6 Å². The van der Waals surface area contributed by atoms with Gasteiger partial charge in [0.1, 0.15) is 0 Å². The molecule has 12 heavy (non-hydrogen) atoms. The highest BCUT2D eigenvalue weighted by Gasteiger charge is 2.43. The zero-order valence-corrected chi connectivity index (χ0v) is 8.30. The van der Waals surface area contributed by atoms with E-state index in [9.17, 15) is 10.2 Å². The Morgan fingerprint density at radius 3 is 2.42 bits per heavy atom. The van der Waals surface area contributed by atoms with Gasteiger partial charge in [-0.3, -0.25) is 0 Å². The highest BCUT2D eigenvalue weighted by atomic mass is 16.3. The zero-order chi connectivity index (χ0) is 9.41. The van der Waals surface area contributed by atoms with E-state index in [-0.39, 0.29) is 0 Å². The van der Waals surface area contributed by atoms with Gasteiger partial charge in [-0.1, -0.05) is 13.8 Å². The predicted molar refractivity (Wildman–Crippen MR) is 48.9 cm³/mol. The maximum atomic E-state index is 10.1. The second kappa shape index (κ2) is 3.00. The molecule has 0 aromatic rings. The van der Waals surface area contributed by atoms with Crippen molar-refractivity contribution in [2.24, 2.45) is 5.92 Å². The molecule has 0 aromatic carbocycles. The zero-order valence-electron chi connectivity index (χ0n) is 8.30. The maximum Gasteiger partial charge on any atom is 0.0697 e. The maximum absolute atomic E-state index is 10.1. The van der Waals surface area contributed by atoms with Gasteiger partial charge in [-0.25, -0.2) is 0 Å².